The molecule has 0 aromatic carbocycles. The number of rotatable bonds is 17. The largest absolute Gasteiger partial charge is 0.472 e. The smallest absolute Gasteiger partial charge is 0.287 e. The number of carbonyl (C=O) groups excluding carboxylic acids is 5. The van der Waals surface area contributed by atoms with Crippen molar-refractivity contribution in [3.05, 3.63) is 52.7 Å². The summed E-state index contributed by atoms with van der Waals surface area (Å²) < 4.78 is 6.06. The predicted molar refractivity (Wildman–Crippen MR) is 200 cm³/mol. The zero-order valence-corrected chi connectivity index (χ0v) is 32.0. The second kappa shape index (κ2) is 18.5. The van der Waals surface area contributed by atoms with Gasteiger partial charge in [-0.25, -0.2) is 9.97 Å². The lowest BCUT2D eigenvalue weighted by atomic mass is 9.82. The summed E-state index contributed by atoms with van der Waals surface area (Å²) in [6.45, 7) is 7.36. The fourth-order valence-electron chi connectivity index (χ4n) is 7.16. The maximum atomic E-state index is 14.7. The van der Waals surface area contributed by atoms with E-state index in [0.717, 1.165) is 38.3 Å². The minimum atomic E-state index is -1.14. The molecule has 2 aliphatic carbocycles. The summed E-state index contributed by atoms with van der Waals surface area (Å²) in [6, 6.07) is -1.05. The first-order valence-corrected chi connectivity index (χ1v) is 19.3. The van der Waals surface area contributed by atoms with Gasteiger partial charge in [0.1, 0.15) is 36.1 Å². The molecule has 1 aliphatic heterocycles. The van der Waals surface area contributed by atoms with Crippen molar-refractivity contribution in [1.82, 2.24) is 41.1 Å². The van der Waals surface area contributed by atoms with Crippen molar-refractivity contribution < 1.29 is 33.6 Å². The number of aromatic nitrogens is 3. The summed E-state index contributed by atoms with van der Waals surface area (Å²) in [5.74, 6) is -2.42. The Morgan fingerprint density at radius 2 is 1.73 bits per heavy atom. The molecule has 5 rings (SSSR count). The summed E-state index contributed by atoms with van der Waals surface area (Å²) in [5.41, 5.74) is -1.02. The number of Topliss-reactive ketones (excluding diaryl/α,β-unsaturated/α-hetero) is 1. The van der Waals surface area contributed by atoms with E-state index in [0.29, 0.717) is 31.7 Å². The van der Waals surface area contributed by atoms with E-state index in [4.69, 9.17) is 4.74 Å². The number of ketones is 1. The maximum Gasteiger partial charge on any atom is 0.287 e. The number of carbonyl (C=O) groups is 5. The lowest BCUT2D eigenvalue weighted by Gasteiger charge is -2.37. The van der Waals surface area contributed by atoms with Crippen LogP contribution in [0.4, 0.5) is 5.69 Å². The first-order chi connectivity index (χ1) is 26.2. The number of amides is 4. The normalized spacial score (nSPS) is 20.5. The topological polar surface area (TPSA) is 228 Å². The standard InChI is InChI=1S/C38H53N9O8/c1-5-9-27(30(48)21-41-24-12-13-24)43-35(50)29-18-26(55-31-15-14-25(19-42-31)47(53)54)22-46(29)37(52)33(38(2,3)4)45-36(51)32(23-10-7-6-8-11-23)44-34(49)28-20-39-16-17-40-28/h14-17,19-20,23-24,26-27,29,32-33,41H,5-13,18,21-22H2,1-4H3,(H,43,50)(H,44,49)(H,45,51)/t26-,27+,29+,32+,33-/m1/s1. The van der Waals surface area contributed by atoms with Gasteiger partial charge in [-0.15, -0.1) is 0 Å². The zero-order chi connectivity index (χ0) is 39.7. The molecule has 17 heteroatoms. The van der Waals surface area contributed by atoms with Gasteiger partial charge in [0.2, 0.25) is 23.6 Å². The second-order valence-corrected chi connectivity index (χ2v) is 15.8. The van der Waals surface area contributed by atoms with Crippen molar-refractivity contribution in [2.75, 3.05) is 13.1 Å². The molecule has 4 N–H and O–H groups in total. The quantitative estimate of drug-likeness (QED) is 0.135. The van der Waals surface area contributed by atoms with Gasteiger partial charge in [-0.05, 0) is 43.4 Å². The number of ether oxygens (including phenoxy) is 1. The van der Waals surface area contributed by atoms with Gasteiger partial charge in [0.15, 0.2) is 5.78 Å². The molecule has 2 aromatic heterocycles. The summed E-state index contributed by atoms with van der Waals surface area (Å²) in [4.78, 5) is 93.6. The SMILES string of the molecule is CCC[C@H](NC(=O)[C@@H]1C[C@@H](Oc2ccc([N+](=O)[O-])cn2)CN1C(=O)[C@@H](NC(=O)[C@@H](NC(=O)c1cnccn1)C1CCCCC1)C(C)(C)C)C(=O)CNC1CC1. The van der Waals surface area contributed by atoms with Gasteiger partial charge in [-0.1, -0.05) is 53.4 Å². The fraction of sp³-hybridized carbons (Fsp3) is 0.632. The molecule has 4 amide bonds. The Morgan fingerprint density at radius 1 is 0.982 bits per heavy atom. The fourth-order valence-corrected chi connectivity index (χ4v) is 7.16. The summed E-state index contributed by atoms with van der Waals surface area (Å²) in [6.07, 6.45) is 11.8. The van der Waals surface area contributed by atoms with Crippen LogP contribution in [0.2, 0.25) is 0 Å². The Morgan fingerprint density at radius 3 is 2.33 bits per heavy atom. The number of pyridine rings is 1. The molecule has 0 radical (unpaired) electrons. The van der Waals surface area contributed by atoms with Crippen LogP contribution in [-0.2, 0) is 19.2 Å². The Labute approximate surface area is 320 Å². The summed E-state index contributed by atoms with van der Waals surface area (Å²) >= 11 is 0. The van der Waals surface area contributed by atoms with Crippen molar-refractivity contribution in [2.45, 2.75) is 128 Å². The van der Waals surface area contributed by atoms with Gasteiger partial charge < -0.3 is 30.9 Å². The Kier molecular flexibility index (Phi) is 13.8. The van der Waals surface area contributed by atoms with E-state index < -0.39 is 64.2 Å². The van der Waals surface area contributed by atoms with Crippen LogP contribution in [0, 0.1) is 21.4 Å². The van der Waals surface area contributed by atoms with Crippen molar-refractivity contribution in [3.8, 4) is 5.88 Å². The monoisotopic (exact) mass is 763 g/mol. The van der Waals surface area contributed by atoms with Gasteiger partial charge in [0, 0.05) is 37.0 Å². The van der Waals surface area contributed by atoms with E-state index >= 15 is 0 Å². The van der Waals surface area contributed by atoms with Crippen LogP contribution in [-0.4, -0.2) is 104 Å². The first-order valence-electron chi connectivity index (χ1n) is 19.3. The second-order valence-electron chi connectivity index (χ2n) is 15.8. The van der Waals surface area contributed by atoms with E-state index in [1.165, 1.54) is 35.6 Å². The average molecular weight is 764 g/mol. The summed E-state index contributed by atoms with van der Waals surface area (Å²) in [5, 5.41) is 23.1. The number of hydrogen-bond acceptors (Lipinski definition) is 12. The Hall–Kier alpha value is -5.06. The number of nitrogens with zero attached hydrogens (tertiary/aromatic N) is 5. The first kappa shape index (κ1) is 41.1. The molecule has 2 saturated carbocycles. The van der Waals surface area contributed by atoms with Crippen molar-refractivity contribution in [3.63, 3.8) is 0 Å². The van der Waals surface area contributed by atoms with E-state index in [2.05, 4.69) is 36.2 Å². The number of hydrogen-bond donors (Lipinski definition) is 4. The zero-order valence-electron chi connectivity index (χ0n) is 32.0. The summed E-state index contributed by atoms with van der Waals surface area (Å²) in [7, 11) is 0. The molecular formula is C38H53N9O8. The highest BCUT2D eigenvalue weighted by atomic mass is 16.6. The molecule has 0 bridgehead atoms. The highest BCUT2D eigenvalue weighted by molar-refractivity contribution is 5.98. The van der Waals surface area contributed by atoms with E-state index in [1.54, 1.807) is 20.8 Å². The maximum absolute atomic E-state index is 14.7. The molecule has 0 unspecified atom stereocenters. The van der Waals surface area contributed by atoms with Crippen molar-refractivity contribution in [2.24, 2.45) is 11.3 Å². The molecule has 17 nitrogen and oxygen atoms in total. The highest BCUT2D eigenvalue weighted by Crippen LogP contribution is 2.31. The Balaban J connectivity index is 1.39. The molecule has 55 heavy (non-hydrogen) atoms. The van der Waals surface area contributed by atoms with Gasteiger partial charge >= 0.3 is 0 Å². The third kappa shape index (κ3) is 11.2. The molecule has 3 aliphatic rings. The molecule has 298 valence electrons. The molecule has 1 saturated heterocycles. The lowest BCUT2D eigenvalue weighted by molar-refractivity contribution is -0.385. The van der Waals surface area contributed by atoms with E-state index in [9.17, 15) is 34.1 Å². The van der Waals surface area contributed by atoms with Gasteiger partial charge in [0.05, 0.1) is 30.3 Å². The van der Waals surface area contributed by atoms with Crippen LogP contribution < -0.4 is 26.0 Å². The van der Waals surface area contributed by atoms with Gasteiger partial charge in [-0.3, -0.25) is 39.1 Å². The predicted octanol–water partition coefficient (Wildman–Crippen LogP) is 2.64. The average Bonchev–Trinajstić information content (AvgIpc) is 3.91. The third-order valence-corrected chi connectivity index (χ3v) is 10.4. The van der Waals surface area contributed by atoms with E-state index in [-0.39, 0.29) is 48.5 Å². The van der Waals surface area contributed by atoms with Gasteiger partial charge in [-0.2, -0.15) is 0 Å². The van der Waals surface area contributed by atoms with Crippen LogP contribution in [0.15, 0.2) is 36.9 Å². The lowest BCUT2D eigenvalue weighted by Crippen LogP contribution is -2.62. The number of likely N-dealkylation sites (tertiary alicyclic amines) is 1. The van der Waals surface area contributed by atoms with E-state index in [1.807, 2.05) is 6.92 Å². The van der Waals surface area contributed by atoms with Crippen LogP contribution in [0.5, 0.6) is 5.88 Å². The van der Waals surface area contributed by atoms with Crippen LogP contribution in [0.3, 0.4) is 0 Å². The number of nitro groups is 1. The van der Waals surface area contributed by atoms with Gasteiger partial charge in [0.25, 0.3) is 11.6 Å². The number of nitrogens with one attached hydrogen (secondary N) is 4. The molecule has 5 atom stereocenters. The van der Waals surface area contributed by atoms with Crippen molar-refractivity contribution in [1.29, 1.82) is 0 Å². The minimum absolute atomic E-state index is 0.0350. The van der Waals surface area contributed by atoms with Crippen molar-refractivity contribution >= 4 is 35.1 Å². The Bertz CT molecular complexity index is 1680. The van der Waals surface area contributed by atoms with Crippen LogP contribution in [0.1, 0.15) is 102 Å². The van der Waals surface area contributed by atoms with Crippen LogP contribution in [0.25, 0.3) is 0 Å². The minimum Gasteiger partial charge on any atom is -0.472 e. The molecule has 3 fully saturated rings. The highest BCUT2D eigenvalue weighted by Gasteiger charge is 2.47. The molecule has 0 spiro atoms. The molecule has 3 heterocycles. The molecular weight excluding hydrogens is 710 g/mol. The molecule has 2 aromatic rings. The third-order valence-electron chi connectivity index (χ3n) is 10.4. The van der Waals surface area contributed by atoms with Crippen LogP contribution >= 0.6 is 0 Å².